The molecule has 2 heteroatoms. The summed E-state index contributed by atoms with van der Waals surface area (Å²) in [4.78, 5) is 12.1. The van der Waals surface area contributed by atoms with E-state index in [0.29, 0.717) is 0 Å². The molecule has 1 atom stereocenters. The van der Waals surface area contributed by atoms with Gasteiger partial charge in [0.15, 0.2) is 0 Å². The molecule has 0 radical (unpaired) electrons. The van der Waals surface area contributed by atoms with Crippen molar-refractivity contribution in [2.45, 2.75) is 78.7 Å². The van der Waals surface area contributed by atoms with E-state index >= 15 is 0 Å². The molecule has 0 aliphatic heterocycles. The SMILES string of the molecule is CCC1(OC(=O)C(C)CC(C)(C)C)CCCC1. The molecule has 0 aromatic rings. The van der Waals surface area contributed by atoms with Gasteiger partial charge in [-0.3, -0.25) is 4.79 Å². The van der Waals surface area contributed by atoms with Crippen molar-refractivity contribution in [3.05, 3.63) is 0 Å². The summed E-state index contributed by atoms with van der Waals surface area (Å²) < 4.78 is 5.82. The Kier molecular flexibility index (Phi) is 4.62. The predicted octanol–water partition coefficient (Wildman–Crippen LogP) is 4.32. The van der Waals surface area contributed by atoms with Gasteiger partial charge < -0.3 is 4.74 Å². The first kappa shape index (κ1) is 14.5. The predicted molar refractivity (Wildman–Crippen MR) is 70.8 cm³/mol. The molecule has 0 heterocycles. The monoisotopic (exact) mass is 240 g/mol. The lowest BCUT2D eigenvalue weighted by atomic mass is 9.85. The van der Waals surface area contributed by atoms with Crippen LogP contribution >= 0.6 is 0 Å². The zero-order valence-corrected chi connectivity index (χ0v) is 12.1. The third-order valence-corrected chi connectivity index (χ3v) is 3.80. The second-order valence-corrected chi connectivity index (χ2v) is 6.83. The van der Waals surface area contributed by atoms with Crippen LogP contribution in [0.4, 0.5) is 0 Å². The van der Waals surface area contributed by atoms with E-state index in [1.54, 1.807) is 0 Å². The Morgan fingerprint density at radius 3 is 2.24 bits per heavy atom. The van der Waals surface area contributed by atoms with Gasteiger partial charge in [0.1, 0.15) is 5.60 Å². The Morgan fingerprint density at radius 2 is 1.82 bits per heavy atom. The van der Waals surface area contributed by atoms with Gasteiger partial charge in [0, 0.05) is 0 Å². The number of hydrogen-bond acceptors (Lipinski definition) is 2. The molecule has 1 unspecified atom stereocenters. The summed E-state index contributed by atoms with van der Waals surface area (Å²) in [6.07, 6.45) is 6.37. The van der Waals surface area contributed by atoms with E-state index in [1.807, 2.05) is 6.92 Å². The number of esters is 1. The summed E-state index contributed by atoms with van der Waals surface area (Å²) in [5.74, 6) is 0.0164. The summed E-state index contributed by atoms with van der Waals surface area (Å²) in [5.41, 5.74) is 0.0523. The first-order valence-electron chi connectivity index (χ1n) is 7.01. The Balaban J connectivity index is 2.53. The molecule has 0 spiro atoms. The molecule has 0 bridgehead atoms. The van der Waals surface area contributed by atoms with Gasteiger partial charge in [-0.25, -0.2) is 0 Å². The number of carbonyl (C=O) groups is 1. The number of rotatable bonds is 4. The lowest BCUT2D eigenvalue weighted by Gasteiger charge is -2.30. The molecule has 0 N–H and O–H groups in total. The van der Waals surface area contributed by atoms with E-state index in [9.17, 15) is 4.79 Å². The van der Waals surface area contributed by atoms with Gasteiger partial charge in [0.05, 0.1) is 5.92 Å². The molecule has 17 heavy (non-hydrogen) atoms. The van der Waals surface area contributed by atoms with E-state index in [1.165, 1.54) is 12.8 Å². The van der Waals surface area contributed by atoms with Crippen molar-refractivity contribution in [3.8, 4) is 0 Å². The summed E-state index contributed by atoms with van der Waals surface area (Å²) in [7, 11) is 0. The molecule has 0 aromatic carbocycles. The fourth-order valence-corrected chi connectivity index (χ4v) is 2.86. The van der Waals surface area contributed by atoms with E-state index in [4.69, 9.17) is 4.74 Å². The maximum atomic E-state index is 12.1. The highest BCUT2D eigenvalue weighted by molar-refractivity contribution is 5.72. The summed E-state index contributed by atoms with van der Waals surface area (Å²) in [6, 6.07) is 0. The van der Waals surface area contributed by atoms with E-state index < -0.39 is 0 Å². The van der Waals surface area contributed by atoms with Crippen molar-refractivity contribution in [2.75, 3.05) is 0 Å². The standard InChI is InChI=1S/C15H28O2/c1-6-15(9-7-8-10-15)17-13(16)12(2)11-14(3,4)5/h12H,6-11H2,1-5H3. The lowest BCUT2D eigenvalue weighted by molar-refractivity contribution is -0.165. The van der Waals surface area contributed by atoms with E-state index in [0.717, 1.165) is 25.7 Å². The average molecular weight is 240 g/mol. The van der Waals surface area contributed by atoms with Crippen LogP contribution in [-0.4, -0.2) is 11.6 Å². The minimum absolute atomic E-state index is 0.00340. The van der Waals surface area contributed by atoms with Crippen molar-refractivity contribution in [3.63, 3.8) is 0 Å². The highest BCUT2D eigenvalue weighted by Crippen LogP contribution is 2.37. The van der Waals surface area contributed by atoms with Crippen LogP contribution in [0.5, 0.6) is 0 Å². The smallest absolute Gasteiger partial charge is 0.309 e. The largest absolute Gasteiger partial charge is 0.459 e. The highest BCUT2D eigenvalue weighted by atomic mass is 16.6. The first-order chi connectivity index (χ1) is 7.78. The van der Waals surface area contributed by atoms with Crippen LogP contribution in [0, 0.1) is 11.3 Å². The van der Waals surface area contributed by atoms with Crippen molar-refractivity contribution in [1.29, 1.82) is 0 Å². The Hall–Kier alpha value is -0.530. The molecule has 2 nitrogen and oxygen atoms in total. The molecule has 1 fully saturated rings. The quantitative estimate of drug-likeness (QED) is 0.684. The second-order valence-electron chi connectivity index (χ2n) is 6.83. The van der Waals surface area contributed by atoms with Crippen molar-refractivity contribution in [1.82, 2.24) is 0 Å². The van der Waals surface area contributed by atoms with Gasteiger partial charge in [-0.2, -0.15) is 0 Å². The molecule has 0 amide bonds. The fourth-order valence-electron chi connectivity index (χ4n) is 2.86. The van der Waals surface area contributed by atoms with Crippen LogP contribution in [0.25, 0.3) is 0 Å². The maximum absolute atomic E-state index is 12.1. The van der Waals surface area contributed by atoms with Crippen LogP contribution in [0.3, 0.4) is 0 Å². The summed E-state index contributed by atoms with van der Waals surface area (Å²) >= 11 is 0. The lowest BCUT2D eigenvalue weighted by Crippen LogP contribution is -2.34. The van der Waals surface area contributed by atoms with Gasteiger partial charge in [0.25, 0.3) is 0 Å². The van der Waals surface area contributed by atoms with Crippen molar-refractivity contribution in [2.24, 2.45) is 11.3 Å². The van der Waals surface area contributed by atoms with Crippen LogP contribution in [0.1, 0.15) is 73.1 Å². The third kappa shape index (κ3) is 4.33. The molecule has 0 aromatic heterocycles. The van der Waals surface area contributed by atoms with Crippen molar-refractivity contribution >= 4 is 5.97 Å². The fraction of sp³-hybridized carbons (Fsp3) is 0.933. The van der Waals surface area contributed by atoms with Gasteiger partial charge in [-0.05, 0) is 43.9 Å². The van der Waals surface area contributed by atoms with Gasteiger partial charge in [-0.1, -0.05) is 34.6 Å². The normalized spacial score (nSPS) is 21.2. The number of hydrogen-bond donors (Lipinski definition) is 0. The zero-order chi connectivity index (χ0) is 13.1. The minimum atomic E-state index is -0.136. The third-order valence-electron chi connectivity index (χ3n) is 3.80. The van der Waals surface area contributed by atoms with Crippen LogP contribution < -0.4 is 0 Å². The molecule has 1 rings (SSSR count). The van der Waals surface area contributed by atoms with Crippen LogP contribution in [-0.2, 0) is 9.53 Å². The number of carbonyl (C=O) groups excluding carboxylic acids is 1. The van der Waals surface area contributed by atoms with Gasteiger partial charge in [-0.15, -0.1) is 0 Å². The van der Waals surface area contributed by atoms with Gasteiger partial charge in [0.2, 0.25) is 0 Å². The van der Waals surface area contributed by atoms with E-state index in [2.05, 4.69) is 27.7 Å². The molecular weight excluding hydrogens is 212 g/mol. The maximum Gasteiger partial charge on any atom is 0.309 e. The zero-order valence-electron chi connectivity index (χ0n) is 12.1. The van der Waals surface area contributed by atoms with Crippen LogP contribution in [0.2, 0.25) is 0 Å². The Bertz CT molecular complexity index is 257. The number of ether oxygens (including phenoxy) is 1. The molecule has 1 saturated carbocycles. The summed E-state index contributed by atoms with van der Waals surface area (Å²) in [6.45, 7) is 10.6. The molecule has 100 valence electrons. The Labute approximate surface area is 106 Å². The van der Waals surface area contributed by atoms with Gasteiger partial charge >= 0.3 is 5.97 Å². The first-order valence-corrected chi connectivity index (χ1v) is 7.01. The Morgan fingerprint density at radius 1 is 1.29 bits per heavy atom. The molecule has 1 aliphatic rings. The minimum Gasteiger partial charge on any atom is -0.459 e. The molecule has 1 aliphatic carbocycles. The summed E-state index contributed by atoms with van der Waals surface area (Å²) in [5, 5.41) is 0. The average Bonchev–Trinajstić information content (AvgIpc) is 2.64. The topological polar surface area (TPSA) is 26.3 Å². The van der Waals surface area contributed by atoms with Crippen LogP contribution in [0.15, 0.2) is 0 Å². The molecule has 0 saturated heterocycles. The van der Waals surface area contributed by atoms with Crippen molar-refractivity contribution < 1.29 is 9.53 Å². The highest BCUT2D eigenvalue weighted by Gasteiger charge is 2.37. The molecular formula is C15H28O2. The van der Waals surface area contributed by atoms with E-state index in [-0.39, 0.29) is 22.9 Å². The second kappa shape index (κ2) is 5.41.